The summed E-state index contributed by atoms with van der Waals surface area (Å²) in [5.41, 5.74) is 0. The summed E-state index contributed by atoms with van der Waals surface area (Å²) in [7, 11) is -9.91. The fourth-order valence-electron chi connectivity index (χ4n) is 10.6. The highest BCUT2D eigenvalue weighted by Gasteiger charge is 2.30. The lowest BCUT2D eigenvalue weighted by molar-refractivity contribution is -0.161. The SMILES string of the molecule is CCCCCC/C=C\C=C/CCCCCCCC(=O)OC[C@H](COP(=O)(O)OC[C@@H](O)COP(=O)(O)OC[C@@H](COC(=O)CCCCCCCCC)OC(=O)CCCCCCCCCCCCC)OC(=O)CCCCCCCCCCCCCCCCCCC(C)C. The first-order valence-electron chi connectivity index (χ1n) is 37.5. The van der Waals surface area contributed by atoms with Gasteiger partial charge in [-0.2, -0.15) is 0 Å². The molecule has 0 aromatic rings. The van der Waals surface area contributed by atoms with Crippen LogP contribution in [0.1, 0.15) is 356 Å². The topological polar surface area (TPSA) is 237 Å². The summed E-state index contributed by atoms with van der Waals surface area (Å²) in [5.74, 6) is -1.35. The van der Waals surface area contributed by atoms with Crippen molar-refractivity contribution in [3.05, 3.63) is 24.3 Å². The number of carbonyl (C=O) groups is 4. The van der Waals surface area contributed by atoms with Crippen LogP contribution in [0.25, 0.3) is 0 Å². The Morgan fingerprint density at radius 1 is 0.337 bits per heavy atom. The summed E-state index contributed by atoms with van der Waals surface area (Å²) < 4.78 is 68.2. The van der Waals surface area contributed by atoms with Crippen molar-refractivity contribution in [3.8, 4) is 0 Å². The molecule has 0 rings (SSSR count). The monoisotopic (exact) mass is 1350 g/mol. The Bertz CT molecular complexity index is 1860. The fourth-order valence-corrected chi connectivity index (χ4v) is 12.2. The summed E-state index contributed by atoms with van der Waals surface area (Å²) in [6.07, 6.45) is 56.4. The van der Waals surface area contributed by atoms with Crippen molar-refractivity contribution < 1.29 is 80.2 Å². The lowest BCUT2D eigenvalue weighted by atomic mass is 10.0. The number of rotatable bonds is 71. The van der Waals surface area contributed by atoms with Gasteiger partial charge in [0.25, 0.3) is 0 Å². The maximum absolute atomic E-state index is 13.0. The molecule has 0 aromatic carbocycles. The molecule has 17 nitrogen and oxygen atoms in total. The molecule has 3 N–H and O–H groups in total. The van der Waals surface area contributed by atoms with E-state index in [1.165, 1.54) is 148 Å². The lowest BCUT2D eigenvalue weighted by Gasteiger charge is -2.21. The van der Waals surface area contributed by atoms with Crippen LogP contribution in [0.2, 0.25) is 0 Å². The van der Waals surface area contributed by atoms with Crippen LogP contribution in [0.5, 0.6) is 0 Å². The van der Waals surface area contributed by atoms with Gasteiger partial charge >= 0.3 is 39.5 Å². The number of ether oxygens (including phenoxy) is 4. The van der Waals surface area contributed by atoms with E-state index in [2.05, 4.69) is 58.9 Å². The summed E-state index contributed by atoms with van der Waals surface area (Å²) in [6, 6.07) is 0. The Balaban J connectivity index is 5.22. The molecule has 0 aliphatic carbocycles. The van der Waals surface area contributed by atoms with Gasteiger partial charge in [-0.3, -0.25) is 37.3 Å². The number of allylic oxidation sites excluding steroid dienone is 4. The van der Waals surface area contributed by atoms with Crippen molar-refractivity contribution in [2.24, 2.45) is 5.92 Å². The minimum atomic E-state index is -4.96. The molecule has 5 atom stereocenters. The molecule has 0 amide bonds. The van der Waals surface area contributed by atoms with E-state index in [0.29, 0.717) is 25.7 Å². The lowest BCUT2D eigenvalue weighted by Crippen LogP contribution is -2.30. The third kappa shape index (κ3) is 66.2. The van der Waals surface area contributed by atoms with Gasteiger partial charge in [-0.25, -0.2) is 9.13 Å². The number of esters is 4. The Kier molecular flexibility index (Phi) is 64.0. The number of phosphoric ester groups is 2. The molecule has 19 heteroatoms. The standard InChI is InChI=1S/C73H138O17P2/c1-6-9-12-15-18-20-22-23-26-30-34-37-42-47-52-57-71(76)84-63-69(90-73(78)59-54-49-44-39-35-31-28-25-24-27-29-33-36-41-45-50-55-66(4)5)65-88-92(81,82)86-61-67(74)60-85-91(79,80)87-64-68(62-83-70(75)56-51-46-40-17-14-11-8-3)89-72(77)58-53-48-43-38-32-21-19-16-13-10-7-2/h20,22-23,26,66-69,74H,6-19,21,24-25,27-65H2,1-5H3,(H,79,80)(H,81,82)/b22-20-,26-23-/t67-,68+,69+/m0/s1. The van der Waals surface area contributed by atoms with Gasteiger partial charge in [0.1, 0.15) is 19.3 Å². The first-order valence-corrected chi connectivity index (χ1v) is 40.4. The molecule has 0 aliphatic rings. The highest BCUT2D eigenvalue weighted by Crippen LogP contribution is 2.45. The van der Waals surface area contributed by atoms with Gasteiger partial charge in [0, 0.05) is 25.7 Å². The molecule has 0 fully saturated rings. The molecule has 0 bridgehead atoms. The quantitative estimate of drug-likeness (QED) is 0.0169. The fraction of sp³-hybridized carbons (Fsp3) is 0.890. The first-order chi connectivity index (χ1) is 44.5. The third-order valence-electron chi connectivity index (χ3n) is 16.4. The molecule has 0 aromatic heterocycles. The van der Waals surface area contributed by atoms with Gasteiger partial charge in [-0.15, -0.1) is 0 Å². The molecule has 92 heavy (non-hydrogen) atoms. The summed E-state index contributed by atoms with van der Waals surface area (Å²) in [6.45, 7) is 7.18. The zero-order valence-electron chi connectivity index (χ0n) is 59.2. The highest BCUT2D eigenvalue weighted by molar-refractivity contribution is 7.47. The van der Waals surface area contributed by atoms with Crippen molar-refractivity contribution in [1.29, 1.82) is 0 Å². The van der Waals surface area contributed by atoms with Crippen LogP contribution in [0, 0.1) is 5.92 Å². The van der Waals surface area contributed by atoms with E-state index in [9.17, 15) is 43.2 Å². The van der Waals surface area contributed by atoms with Crippen LogP contribution in [0.3, 0.4) is 0 Å². The van der Waals surface area contributed by atoms with Gasteiger partial charge in [0.15, 0.2) is 12.2 Å². The number of carbonyl (C=O) groups excluding carboxylic acids is 4. The van der Waals surface area contributed by atoms with Crippen molar-refractivity contribution in [2.75, 3.05) is 39.6 Å². The largest absolute Gasteiger partial charge is 0.472 e. The van der Waals surface area contributed by atoms with Gasteiger partial charge in [0.05, 0.1) is 26.4 Å². The predicted octanol–water partition coefficient (Wildman–Crippen LogP) is 20.9. The van der Waals surface area contributed by atoms with E-state index in [1.807, 2.05) is 0 Å². The van der Waals surface area contributed by atoms with Crippen molar-refractivity contribution >= 4 is 39.5 Å². The molecular weight excluding hydrogens is 1210 g/mol. The normalized spacial score (nSPS) is 14.2. The Labute approximate surface area is 561 Å². The second-order valence-electron chi connectivity index (χ2n) is 26.1. The average molecular weight is 1350 g/mol. The molecule has 0 heterocycles. The van der Waals surface area contributed by atoms with Crippen LogP contribution in [0.15, 0.2) is 24.3 Å². The van der Waals surface area contributed by atoms with E-state index in [4.69, 9.17) is 37.0 Å². The molecular formula is C73H138O17P2. The zero-order chi connectivity index (χ0) is 67.7. The van der Waals surface area contributed by atoms with E-state index in [-0.39, 0.29) is 25.7 Å². The minimum Gasteiger partial charge on any atom is -0.462 e. The van der Waals surface area contributed by atoms with Crippen molar-refractivity contribution in [1.82, 2.24) is 0 Å². The van der Waals surface area contributed by atoms with E-state index >= 15 is 0 Å². The maximum Gasteiger partial charge on any atom is 0.472 e. The van der Waals surface area contributed by atoms with Crippen molar-refractivity contribution in [2.45, 2.75) is 374 Å². The second-order valence-corrected chi connectivity index (χ2v) is 29.0. The maximum atomic E-state index is 13.0. The number of unbranched alkanes of at least 4 members (excludes halogenated alkanes) is 40. The number of hydrogen-bond acceptors (Lipinski definition) is 15. The van der Waals surface area contributed by atoms with Crippen LogP contribution >= 0.6 is 15.6 Å². The number of hydrogen-bond donors (Lipinski definition) is 3. The van der Waals surface area contributed by atoms with Gasteiger partial charge in [0.2, 0.25) is 0 Å². The van der Waals surface area contributed by atoms with Gasteiger partial charge in [-0.05, 0) is 57.3 Å². The summed E-state index contributed by atoms with van der Waals surface area (Å²) in [4.78, 5) is 72.5. The molecule has 0 aliphatic heterocycles. The molecule has 0 spiro atoms. The van der Waals surface area contributed by atoms with Crippen LogP contribution in [0.4, 0.5) is 0 Å². The van der Waals surface area contributed by atoms with Crippen LogP contribution in [-0.4, -0.2) is 96.7 Å². The predicted molar refractivity (Wildman–Crippen MR) is 372 cm³/mol. The second kappa shape index (κ2) is 65.8. The Hall–Kier alpha value is -2.46. The molecule has 2 unspecified atom stereocenters. The van der Waals surface area contributed by atoms with E-state index in [0.717, 1.165) is 128 Å². The van der Waals surface area contributed by atoms with Crippen LogP contribution in [-0.2, 0) is 65.4 Å². The van der Waals surface area contributed by atoms with Gasteiger partial charge < -0.3 is 33.8 Å². The van der Waals surface area contributed by atoms with Crippen molar-refractivity contribution in [3.63, 3.8) is 0 Å². The third-order valence-corrected chi connectivity index (χ3v) is 18.3. The number of phosphoric acid groups is 2. The first kappa shape index (κ1) is 89.5. The summed E-state index contributed by atoms with van der Waals surface area (Å²) >= 11 is 0. The summed E-state index contributed by atoms with van der Waals surface area (Å²) in [5, 5.41) is 10.6. The molecule has 0 saturated carbocycles. The molecule has 0 radical (unpaired) electrons. The van der Waals surface area contributed by atoms with Crippen LogP contribution < -0.4 is 0 Å². The highest BCUT2D eigenvalue weighted by atomic mass is 31.2. The smallest absolute Gasteiger partial charge is 0.462 e. The molecule has 0 saturated heterocycles. The Morgan fingerprint density at radius 3 is 0.891 bits per heavy atom. The number of aliphatic hydroxyl groups is 1. The van der Waals surface area contributed by atoms with E-state index < -0.39 is 97.5 Å². The average Bonchev–Trinajstić information content (AvgIpc) is 2.16. The Morgan fingerprint density at radius 2 is 0.587 bits per heavy atom. The van der Waals surface area contributed by atoms with Gasteiger partial charge in [-0.1, -0.05) is 303 Å². The minimum absolute atomic E-state index is 0.101. The molecule has 542 valence electrons. The number of aliphatic hydroxyl groups excluding tert-OH is 1. The van der Waals surface area contributed by atoms with E-state index in [1.54, 1.807) is 0 Å². The zero-order valence-corrected chi connectivity index (χ0v) is 61.0.